The topological polar surface area (TPSA) is 52.0 Å². The van der Waals surface area contributed by atoms with Crippen molar-refractivity contribution in [3.63, 3.8) is 0 Å². The predicted molar refractivity (Wildman–Crippen MR) is 63.2 cm³/mol. The fourth-order valence-electron chi connectivity index (χ4n) is 1.44. The minimum Gasteiger partial charge on any atom is -0.269 e. The van der Waals surface area contributed by atoms with Crippen molar-refractivity contribution in [2.45, 2.75) is 24.8 Å². The number of aromatic nitrogens is 2. The van der Waals surface area contributed by atoms with E-state index in [4.69, 9.17) is 10.7 Å². The van der Waals surface area contributed by atoms with Crippen molar-refractivity contribution in [1.82, 2.24) is 9.78 Å². The van der Waals surface area contributed by atoms with Crippen molar-refractivity contribution >= 4 is 30.6 Å². The molecule has 0 saturated carbocycles. The van der Waals surface area contributed by atoms with Gasteiger partial charge in [0.2, 0.25) is 0 Å². The molecule has 6 heteroatoms. The minimum absolute atomic E-state index is 0.102. The summed E-state index contributed by atoms with van der Waals surface area (Å²) in [5.74, 6) is 0. The molecule has 0 atom stereocenters. The molecule has 1 aromatic heterocycles. The second-order valence-corrected chi connectivity index (χ2v) is 6.43. The van der Waals surface area contributed by atoms with Gasteiger partial charge in [-0.2, -0.15) is 5.10 Å². The minimum atomic E-state index is -3.67. The Hall–Kier alpha value is -1.07. The van der Waals surface area contributed by atoms with Gasteiger partial charge in [-0.25, -0.2) is 8.42 Å². The molecule has 0 spiro atoms. The van der Waals surface area contributed by atoms with Crippen LogP contribution in [0.25, 0.3) is 10.9 Å². The Morgan fingerprint density at radius 1 is 1.38 bits per heavy atom. The van der Waals surface area contributed by atoms with Crippen molar-refractivity contribution in [2.75, 3.05) is 0 Å². The van der Waals surface area contributed by atoms with Gasteiger partial charge in [0.05, 0.1) is 10.4 Å². The van der Waals surface area contributed by atoms with Gasteiger partial charge in [-0.05, 0) is 32.0 Å². The van der Waals surface area contributed by atoms with Crippen molar-refractivity contribution in [1.29, 1.82) is 0 Å². The van der Waals surface area contributed by atoms with Crippen molar-refractivity contribution < 1.29 is 8.42 Å². The third kappa shape index (κ3) is 2.05. The van der Waals surface area contributed by atoms with Crippen molar-refractivity contribution in [3.05, 3.63) is 24.4 Å². The van der Waals surface area contributed by atoms with Crippen LogP contribution in [0.1, 0.15) is 19.9 Å². The molecule has 0 N–H and O–H groups in total. The van der Waals surface area contributed by atoms with E-state index in [-0.39, 0.29) is 10.9 Å². The Morgan fingerprint density at radius 2 is 2.06 bits per heavy atom. The Balaban J connectivity index is 2.63. The van der Waals surface area contributed by atoms with Crippen LogP contribution in [0.15, 0.2) is 29.3 Å². The molecule has 86 valence electrons. The van der Waals surface area contributed by atoms with Crippen LogP contribution >= 0.6 is 10.7 Å². The van der Waals surface area contributed by atoms with E-state index in [9.17, 15) is 8.42 Å². The summed E-state index contributed by atoms with van der Waals surface area (Å²) in [6.45, 7) is 4.01. The lowest BCUT2D eigenvalue weighted by Crippen LogP contribution is -1.99. The zero-order chi connectivity index (χ0) is 11.9. The van der Waals surface area contributed by atoms with Crippen LogP contribution in [0.5, 0.6) is 0 Å². The van der Waals surface area contributed by atoms with Crippen LogP contribution in [0.3, 0.4) is 0 Å². The Kier molecular flexibility index (Phi) is 2.67. The lowest BCUT2D eigenvalue weighted by atomic mass is 10.3. The molecular formula is C10H11ClN2O2S. The van der Waals surface area contributed by atoms with Gasteiger partial charge >= 0.3 is 0 Å². The molecule has 0 aliphatic rings. The first-order chi connectivity index (χ1) is 7.38. The number of fused-ring (bicyclic) bond motifs is 1. The number of nitrogens with zero attached hydrogens (tertiary/aromatic N) is 2. The van der Waals surface area contributed by atoms with Crippen molar-refractivity contribution in [3.8, 4) is 0 Å². The summed E-state index contributed by atoms with van der Waals surface area (Å²) in [5, 5.41) is 5.09. The fraction of sp³-hybridized carbons (Fsp3) is 0.300. The van der Waals surface area contributed by atoms with E-state index in [0.717, 1.165) is 10.9 Å². The van der Waals surface area contributed by atoms with Gasteiger partial charge in [0.25, 0.3) is 9.05 Å². The first kappa shape index (κ1) is 11.4. The molecule has 0 saturated heterocycles. The summed E-state index contributed by atoms with van der Waals surface area (Å²) >= 11 is 0. The number of benzene rings is 1. The van der Waals surface area contributed by atoms with Crippen LogP contribution in [-0.2, 0) is 9.05 Å². The second kappa shape index (κ2) is 3.75. The SMILES string of the molecule is CC(C)n1cc2cc(S(=O)(=O)Cl)ccc2n1. The molecule has 0 amide bonds. The summed E-state index contributed by atoms with van der Waals surface area (Å²) in [6.07, 6.45) is 1.81. The zero-order valence-electron chi connectivity index (χ0n) is 8.88. The molecule has 4 nitrogen and oxygen atoms in total. The normalized spacial score (nSPS) is 12.5. The predicted octanol–water partition coefficient (Wildman–Crippen LogP) is 2.54. The molecule has 16 heavy (non-hydrogen) atoms. The Bertz CT molecular complexity index is 631. The van der Waals surface area contributed by atoms with Gasteiger partial charge in [0.1, 0.15) is 0 Å². The number of hydrogen-bond acceptors (Lipinski definition) is 3. The van der Waals surface area contributed by atoms with Crippen LogP contribution in [-0.4, -0.2) is 18.2 Å². The zero-order valence-corrected chi connectivity index (χ0v) is 10.5. The highest BCUT2D eigenvalue weighted by Gasteiger charge is 2.12. The smallest absolute Gasteiger partial charge is 0.261 e. The third-order valence-corrected chi connectivity index (χ3v) is 3.66. The molecule has 0 aliphatic heterocycles. The number of halogens is 1. The summed E-state index contributed by atoms with van der Waals surface area (Å²) < 4.78 is 24.1. The molecule has 0 bridgehead atoms. The highest BCUT2D eigenvalue weighted by atomic mass is 35.7. The molecule has 0 aliphatic carbocycles. The quantitative estimate of drug-likeness (QED) is 0.778. The summed E-state index contributed by atoms with van der Waals surface area (Å²) in [5.41, 5.74) is 0.762. The van der Waals surface area contributed by atoms with E-state index in [1.54, 1.807) is 10.7 Å². The van der Waals surface area contributed by atoms with Crippen molar-refractivity contribution in [2.24, 2.45) is 0 Å². The Labute approximate surface area is 98.2 Å². The monoisotopic (exact) mass is 258 g/mol. The molecule has 0 radical (unpaired) electrons. The first-order valence-corrected chi connectivity index (χ1v) is 7.12. The summed E-state index contributed by atoms with van der Waals surface area (Å²) in [6, 6.07) is 4.89. The highest BCUT2D eigenvalue weighted by Crippen LogP contribution is 2.21. The molecule has 2 rings (SSSR count). The maximum atomic E-state index is 11.2. The van der Waals surface area contributed by atoms with Crippen LogP contribution < -0.4 is 0 Å². The van der Waals surface area contributed by atoms with Gasteiger partial charge in [-0.15, -0.1) is 0 Å². The van der Waals surface area contributed by atoms with E-state index in [1.165, 1.54) is 12.1 Å². The molecule has 0 unspecified atom stereocenters. The lowest BCUT2D eigenvalue weighted by molar-refractivity contribution is 0.537. The molecular weight excluding hydrogens is 248 g/mol. The van der Waals surface area contributed by atoms with E-state index in [0.29, 0.717) is 0 Å². The van der Waals surface area contributed by atoms with E-state index in [1.807, 2.05) is 20.0 Å². The van der Waals surface area contributed by atoms with E-state index in [2.05, 4.69) is 5.10 Å². The average Bonchev–Trinajstić information content (AvgIpc) is 2.58. The Morgan fingerprint density at radius 3 is 2.62 bits per heavy atom. The van der Waals surface area contributed by atoms with E-state index >= 15 is 0 Å². The molecule has 2 aromatic rings. The van der Waals surface area contributed by atoms with Gasteiger partial charge in [0, 0.05) is 28.3 Å². The molecule has 1 aromatic carbocycles. The number of rotatable bonds is 2. The van der Waals surface area contributed by atoms with Crippen LogP contribution in [0.2, 0.25) is 0 Å². The van der Waals surface area contributed by atoms with E-state index < -0.39 is 9.05 Å². The highest BCUT2D eigenvalue weighted by molar-refractivity contribution is 8.13. The maximum absolute atomic E-state index is 11.2. The van der Waals surface area contributed by atoms with Gasteiger partial charge in [-0.1, -0.05) is 0 Å². The third-order valence-electron chi connectivity index (χ3n) is 2.30. The van der Waals surface area contributed by atoms with Crippen LogP contribution in [0, 0.1) is 0 Å². The fourth-order valence-corrected chi connectivity index (χ4v) is 2.23. The summed E-state index contributed by atoms with van der Waals surface area (Å²) in [4.78, 5) is 0.102. The average molecular weight is 259 g/mol. The standard InChI is InChI=1S/C10H11ClN2O2S/c1-7(2)13-6-8-5-9(16(11,14)15)3-4-10(8)12-13/h3-7H,1-2H3. The molecule has 1 heterocycles. The lowest BCUT2D eigenvalue weighted by Gasteiger charge is -2.02. The number of hydrogen-bond donors (Lipinski definition) is 0. The van der Waals surface area contributed by atoms with Crippen LogP contribution in [0.4, 0.5) is 0 Å². The van der Waals surface area contributed by atoms with Gasteiger partial charge in [-0.3, -0.25) is 4.68 Å². The summed E-state index contributed by atoms with van der Waals surface area (Å²) in [7, 11) is 1.60. The second-order valence-electron chi connectivity index (χ2n) is 3.86. The van der Waals surface area contributed by atoms with Gasteiger partial charge < -0.3 is 0 Å². The molecule has 0 fully saturated rings. The maximum Gasteiger partial charge on any atom is 0.261 e. The van der Waals surface area contributed by atoms with Gasteiger partial charge in [0.15, 0.2) is 0 Å². The largest absolute Gasteiger partial charge is 0.269 e. The first-order valence-electron chi connectivity index (χ1n) is 4.81.